The van der Waals surface area contributed by atoms with E-state index in [1.165, 1.54) is 0 Å². The third-order valence-electron chi connectivity index (χ3n) is 4.40. The molecule has 0 bridgehead atoms. The second-order valence-electron chi connectivity index (χ2n) is 6.62. The maximum atomic E-state index is 12.1. The molecule has 28 heavy (non-hydrogen) atoms. The van der Waals surface area contributed by atoms with Gasteiger partial charge in [0.1, 0.15) is 11.6 Å². The molecular formula is C20H19N5O3. The maximum Gasteiger partial charge on any atom is 0.262 e. The number of ether oxygens (including phenoxy) is 1. The summed E-state index contributed by atoms with van der Waals surface area (Å²) in [5.41, 5.74) is 7.10. The fourth-order valence-corrected chi connectivity index (χ4v) is 2.71. The lowest BCUT2D eigenvalue weighted by molar-refractivity contribution is -0.118. The van der Waals surface area contributed by atoms with E-state index in [1.54, 1.807) is 36.4 Å². The van der Waals surface area contributed by atoms with E-state index in [-0.39, 0.29) is 12.5 Å². The number of H-pyrrole nitrogens is 1. The van der Waals surface area contributed by atoms with Gasteiger partial charge in [-0.15, -0.1) is 0 Å². The van der Waals surface area contributed by atoms with Crippen LogP contribution in [0.25, 0.3) is 11.4 Å². The molecule has 2 aromatic carbocycles. The zero-order chi connectivity index (χ0) is 19.5. The van der Waals surface area contributed by atoms with Crippen molar-refractivity contribution in [1.82, 2.24) is 15.2 Å². The molecular weight excluding hydrogens is 358 g/mol. The van der Waals surface area contributed by atoms with Crippen molar-refractivity contribution in [1.29, 1.82) is 0 Å². The third kappa shape index (κ3) is 4.17. The van der Waals surface area contributed by atoms with Crippen LogP contribution in [0.3, 0.4) is 0 Å². The molecule has 3 aromatic rings. The molecule has 4 N–H and O–H groups in total. The molecule has 8 nitrogen and oxygen atoms in total. The summed E-state index contributed by atoms with van der Waals surface area (Å²) < 4.78 is 5.41. The molecule has 0 atom stereocenters. The van der Waals surface area contributed by atoms with E-state index in [1.807, 2.05) is 12.1 Å². The van der Waals surface area contributed by atoms with Crippen LogP contribution >= 0.6 is 0 Å². The lowest BCUT2D eigenvalue weighted by atomic mass is 10.2. The van der Waals surface area contributed by atoms with E-state index >= 15 is 0 Å². The average molecular weight is 377 g/mol. The van der Waals surface area contributed by atoms with Crippen LogP contribution in [0.2, 0.25) is 0 Å². The van der Waals surface area contributed by atoms with Gasteiger partial charge in [-0.3, -0.25) is 14.7 Å². The molecule has 1 aliphatic rings. The van der Waals surface area contributed by atoms with E-state index < -0.39 is 5.91 Å². The summed E-state index contributed by atoms with van der Waals surface area (Å²) in [5, 5.41) is 10.00. The van der Waals surface area contributed by atoms with Gasteiger partial charge in [-0.2, -0.15) is 5.10 Å². The lowest BCUT2D eigenvalue weighted by Gasteiger charge is -2.08. The molecule has 0 aliphatic heterocycles. The number of aromatic amines is 1. The lowest BCUT2D eigenvalue weighted by Crippen LogP contribution is -2.20. The van der Waals surface area contributed by atoms with E-state index in [0.717, 1.165) is 24.2 Å². The Morgan fingerprint density at radius 3 is 2.46 bits per heavy atom. The second-order valence-corrected chi connectivity index (χ2v) is 6.62. The molecule has 2 amide bonds. The molecule has 0 radical (unpaired) electrons. The van der Waals surface area contributed by atoms with Crippen molar-refractivity contribution in [2.24, 2.45) is 5.73 Å². The summed E-state index contributed by atoms with van der Waals surface area (Å²) in [5.74, 6) is 1.79. The molecule has 1 heterocycles. The number of aromatic nitrogens is 3. The first-order valence-corrected chi connectivity index (χ1v) is 8.94. The number of anilines is 1. The highest BCUT2D eigenvalue weighted by atomic mass is 16.5. The van der Waals surface area contributed by atoms with Gasteiger partial charge in [-0.1, -0.05) is 0 Å². The van der Waals surface area contributed by atoms with Crippen LogP contribution in [0, 0.1) is 0 Å². The number of nitrogens with two attached hydrogens (primary N) is 1. The van der Waals surface area contributed by atoms with Crippen molar-refractivity contribution in [3.8, 4) is 17.1 Å². The van der Waals surface area contributed by atoms with Crippen molar-refractivity contribution in [3.63, 3.8) is 0 Å². The molecule has 1 saturated carbocycles. The second kappa shape index (κ2) is 7.51. The minimum absolute atomic E-state index is 0.149. The molecule has 1 aliphatic carbocycles. The first kappa shape index (κ1) is 17.7. The fourth-order valence-electron chi connectivity index (χ4n) is 2.71. The smallest absolute Gasteiger partial charge is 0.262 e. The number of nitrogens with one attached hydrogen (secondary N) is 2. The number of hydrogen-bond acceptors (Lipinski definition) is 5. The predicted molar refractivity (Wildman–Crippen MR) is 103 cm³/mol. The molecule has 1 aromatic heterocycles. The number of benzene rings is 2. The van der Waals surface area contributed by atoms with Crippen LogP contribution in [0.1, 0.15) is 34.9 Å². The van der Waals surface area contributed by atoms with Gasteiger partial charge >= 0.3 is 0 Å². The Morgan fingerprint density at radius 2 is 1.82 bits per heavy atom. The Labute approximate surface area is 161 Å². The Kier molecular flexibility index (Phi) is 4.76. The van der Waals surface area contributed by atoms with Gasteiger partial charge in [0.2, 0.25) is 5.91 Å². The van der Waals surface area contributed by atoms with Crippen molar-refractivity contribution in [3.05, 3.63) is 59.9 Å². The fraction of sp³-hybridized carbons (Fsp3) is 0.200. The van der Waals surface area contributed by atoms with Crippen LogP contribution in [0.15, 0.2) is 48.5 Å². The topological polar surface area (TPSA) is 123 Å². The summed E-state index contributed by atoms with van der Waals surface area (Å²) in [6.07, 6.45) is 2.33. The number of amides is 2. The quantitative estimate of drug-likeness (QED) is 0.584. The van der Waals surface area contributed by atoms with Crippen LogP contribution < -0.4 is 15.8 Å². The van der Waals surface area contributed by atoms with Gasteiger partial charge < -0.3 is 15.8 Å². The number of carbonyl (C=O) groups is 2. The maximum absolute atomic E-state index is 12.1. The van der Waals surface area contributed by atoms with Gasteiger partial charge in [0.05, 0.1) is 0 Å². The summed E-state index contributed by atoms with van der Waals surface area (Å²) in [7, 11) is 0. The minimum Gasteiger partial charge on any atom is -0.484 e. The number of primary amides is 1. The van der Waals surface area contributed by atoms with E-state index in [4.69, 9.17) is 10.5 Å². The van der Waals surface area contributed by atoms with Crippen LogP contribution in [0.4, 0.5) is 5.69 Å². The van der Waals surface area contributed by atoms with Gasteiger partial charge in [-0.25, -0.2) is 4.98 Å². The van der Waals surface area contributed by atoms with Gasteiger partial charge in [0.25, 0.3) is 5.91 Å². The number of hydrogen-bond donors (Lipinski definition) is 3. The van der Waals surface area contributed by atoms with Crippen LogP contribution in [0.5, 0.6) is 5.75 Å². The largest absolute Gasteiger partial charge is 0.484 e. The number of carbonyl (C=O) groups excluding carboxylic acids is 2. The predicted octanol–water partition coefficient (Wildman–Crippen LogP) is 2.47. The highest BCUT2D eigenvalue weighted by Crippen LogP contribution is 2.38. The first-order valence-electron chi connectivity index (χ1n) is 8.94. The average Bonchev–Trinajstić information content (AvgIpc) is 3.44. The zero-order valence-electron chi connectivity index (χ0n) is 15.0. The highest BCUT2D eigenvalue weighted by Gasteiger charge is 2.27. The summed E-state index contributed by atoms with van der Waals surface area (Å²) in [4.78, 5) is 27.6. The highest BCUT2D eigenvalue weighted by molar-refractivity contribution is 5.93. The molecule has 4 rings (SSSR count). The molecule has 0 spiro atoms. The Morgan fingerprint density at radius 1 is 1.11 bits per heavy atom. The van der Waals surface area contributed by atoms with Gasteiger partial charge in [0, 0.05) is 22.7 Å². The van der Waals surface area contributed by atoms with Crippen molar-refractivity contribution in [2.75, 3.05) is 11.9 Å². The van der Waals surface area contributed by atoms with Gasteiger partial charge in [-0.05, 0) is 61.4 Å². The molecule has 142 valence electrons. The molecule has 0 saturated heterocycles. The van der Waals surface area contributed by atoms with Crippen molar-refractivity contribution < 1.29 is 14.3 Å². The summed E-state index contributed by atoms with van der Waals surface area (Å²) >= 11 is 0. The van der Waals surface area contributed by atoms with Crippen molar-refractivity contribution >= 4 is 17.5 Å². The summed E-state index contributed by atoms with van der Waals surface area (Å²) in [6.45, 7) is -0.149. The van der Waals surface area contributed by atoms with Crippen LogP contribution in [-0.2, 0) is 4.79 Å². The Bertz CT molecular complexity index is 991. The number of nitrogens with zero attached hydrogens (tertiary/aromatic N) is 2. The summed E-state index contributed by atoms with van der Waals surface area (Å²) in [6, 6.07) is 13.6. The standard InChI is InChI=1S/C20H19N5O3/c21-18(27)12-5-9-16(10-6-12)28-11-17(26)22-15-7-3-14(4-8-15)20-23-19(24-25-20)13-1-2-13/h3-10,13H,1-2,11H2,(H2,21,27)(H,22,26)(H,23,24,25). The van der Waals surface area contributed by atoms with Crippen molar-refractivity contribution in [2.45, 2.75) is 18.8 Å². The Hall–Kier alpha value is -3.68. The van der Waals surface area contributed by atoms with E-state index in [0.29, 0.717) is 28.7 Å². The monoisotopic (exact) mass is 377 g/mol. The zero-order valence-corrected chi connectivity index (χ0v) is 15.0. The van der Waals surface area contributed by atoms with E-state index in [2.05, 4.69) is 20.5 Å². The normalized spacial score (nSPS) is 13.1. The third-order valence-corrected chi connectivity index (χ3v) is 4.40. The first-order chi connectivity index (χ1) is 13.6. The minimum atomic E-state index is -0.512. The van der Waals surface area contributed by atoms with Crippen LogP contribution in [-0.4, -0.2) is 33.6 Å². The van der Waals surface area contributed by atoms with E-state index in [9.17, 15) is 9.59 Å². The molecule has 1 fully saturated rings. The SMILES string of the molecule is NC(=O)c1ccc(OCC(=O)Nc2ccc(-c3n[nH]c(C4CC4)n3)cc2)cc1. The number of rotatable bonds is 7. The molecule has 0 unspecified atom stereocenters. The van der Waals surface area contributed by atoms with Gasteiger partial charge in [0.15, 0.2) is 12.4 Å². The Balaban J connectivity index is 1.30. The molecule has 8 heteroatoms.